The normalized spacial score (nSPS) is 11.7. The number of benzene rings is 7. The smallest absolute Gasteiger partial charge is 0.147 e. The highest BCUT2D eigenvalue weighted by Gasteiger charge is 2.23. The summed E-state index contributed by atoms with van der Waals surface area (Å²) < 4.78 is 13.1. The average Bonchev–Trinajstić information content (AvgIpc) is 3.64. The molecule has 0 aliphatic heterocycles. The van der Waals surface area contributed by atoms with Crippen LogP contribution in [-0.2, 0) is 0 Å². The third kappa shape index (κ3) is 3.62. The summed E-state index contributed by atoms with van der Waals surface area (Å²) in [4.78, 5) is 2.33. The molecule has 202 valence electrons. The highest BCUT2D eigenvalue weighted by molar-refractivity contribution is 6.26. The average molecular weight is 552 g/mol. The Hall–Kier alpha value is -5.80. The molecule has 0 radical (unpaired) electrons. The standard InChI is InChI=1S/C40H25NO2/c1-3-13-26(14-4-1)41(27-15-5-2-6-16-27)35-24-23-29(28-17-7-8-18-30(28)35)33-25-34-31-19-9-11-21-36(31)42-40(34)38-32-20-10-12-22-37(32)43-39(33)38/h1-25H. The van der Waals surface area contributed by atoms with E-state index in [9.17, 15) is 0 Å². The number of furan rings is 2. The second kappa shape index (κ2) is 9.37. The van der Waals surface area contributed by atoms with Gasteiger partial charge in [0.05, 0.1) is 11.1 Å². The minimum atomic E-state index is 0.841. The van der Waals surface area contributed by atoms with E-state index in [0.717, 1.165) is 82.8 Å². The summed E-state index contributed by atoms with van der Waals surface area (Å²) in [5.41, 5.74) is 8.95. The molecular weight excluding hydrogens is 526 g/mol. The monoisotopic (exact) mass is 551 g/mol. The lowest BCUT2D eigenvalue weighted by atomic mass is 9.93. The van der Waals surface area contributed by atoms with Crippen LogP contribution in [0.1, 0.15) is 0 Å². The van der Waals surface area contributed by atoms with Gasteiger partial charge in [-0.3, -0.25) is 0 Å². The molecule has 43 heavy (non-hydrogen) atoms. The van der Waals surface area contributed by atoms with Gasteiger partial charge in [-0.2, -0.15) is 0 Å². The Labute approximate surface area is 247 Å². The lowest BCUT2D eigenvalue weighted by molar-refractivity contribution is 0.663. The highest BCUT2D eigenvalue weighted by Crippen LogP contribution is 2.47. The van der Waals surface area contributed by atoms with Crippen molar-refractivity contribution in [1.29, 1.82) is 0 Å². The van der Waals surface area contributed by atoms with Crippen molar-refractivity contribution in [1.82, 2.24) is 0 Å². The van der Waals surface area contributed by atoms with Crippen molar-refractivity contribution in [3.05, 3.63) is 152 Å². The number of nitrogens with zero attached hydrogens (tertiary/aromatic N) is 1. The predicted octanol–water partition coefficient (Wildman–Crippen LogP) is 11.8. The number of hydrogen-bond acceptors (Lipinski definition) is 3. The van der Waals surface area contributed by atoms with Crippen LogP contribution in [-0.4, -0.2) is 0 Å². The van der Waals surface area contributed by atoms with Crippen molar-refractivity contribution in [3.8, 4) is 11.1 Å². The third-order valence-corrected chi connectivity index (χ3v) is 8.45. The van der Waals surface area contributed by atoms with Crippen LogP contribution in [0.25, 0.3) is 65.8 Å². The van der Waals surface area contributed by atoms with Gasteiger partial charge < -0.3 is 13.7 Å². The maximum atomic E-state index is 6.64. The van der Waals surface area contributed by atoms with Crippen LogP contribution in [0, 0.1) is 0 Å². The van der Waals surface area contributed by atoms with E-state index in [4.69, 9.17) is 8.83 Å². The molecule has 7 aromatic carbocycles. The Bertz CT molecular complexity index is 2410. The summed E-state index contributed by atoms with van der Waals surface area (Å²) >= 11 is 0. The minimum Gasteiger partial charge on any atom is -0.455 e. The van der Waals surface area contributed by atoms with Crippen molar-refractivity contribution in [2.75, 3.05) is 4.90 Å². The van der Waals surface area contributed by atoms with E-state index >= 15 is 0 Å². The zero-order valence-electron chi connectivity index (χ0n) is 23.2. The molecule has 2 aromatic heterocycles. The van der Waals surface area contributed by atoms with Gasteiger partial charge in [-0.15, -0.1) is 0 Å². The molecule has 0 unspecified atom stereocenters. The zero-order chi connectivity index (χ0) is 28.3. The largest absolute Gasteiger partial charge is 0.455 e. The van der Waals surface area contributed by atoms with Crippen molar-refractivity contribution >= 4 is 71.7 Å². The lowest BCUT2D eigenvalue weighted by Gasteiger charge is -2.27. The second-order valence-corrected chi connectivity index (χ2v) is 10.9. The first-order valence-corrected chi connectivity index (χ1v) is 14.5. The number of fused-ring (bicyclic) bond motifs is 8. The van der Waals surface area contributed by atoms with Gasteiger partial charge >= 0.3 is 0 Å². The summed E-state index contributed by atoms with van der Waals surface area (Å²) in [6.45, 7) is 0. The zero-order valence-corrected chi connectivity index (χ0v) is 23.2. The van der Waals surface area contributed by atoms with Gasteiger partial charge in [0.1, 0.15) is 22.3 Å². The Morgan fingerprint density at radius 1 is 0.372 bits per heavy atom. The summed E-state index contributed by atoms with van der Waals surface area (Å²) in [6.07, 6.45) is 0. The Morgan fingerprint density at radius 2 is 0.907 bits per heavy atom. The number of para-hydroxylation sites is 4. The van der Waals surface area contributed by atoms with Gasteiger partial charge in [-0.05, 0) is 59.5 Å². The van der Waals surface area contributed by atoms with Crippen LogP contribution in [0.5, 0.6) is 0 Å². The number of rotatable bonds is 4. The first kappa shape index (κ1) is 23.9. The van der Waals surface area contributed by atoms with E-state index in [1.807, 2.05) is 24.3 Å². The SMILES string of the molecule is c1ccc(N(c2ccccc2)c2ccc(-c3cc4c5ccccc5oc4c4c3oc3ccccc34)c3ccccc23)cc1. The summed E-state index contributed by atoms with van der Waals surface area (Å²) in [5.74, 6) is 0. The van der Waals surface area contributed by atoms with E-state index in [1.165, 1.54) is 0 Å². The number of hydrogen-bond donors (Lipinski definition) is 0. The van der Waals surface area contributed by atoms with Crippen LogP contribution in [0.2, 0.25) is 0 Å². The van der Waals surface area contributed by atoms with Crippen LogP contribution >= 0.6 is 0 Å². The molecule has 0 saturated heterocycles. The Morgan fingerprint density at radius 3 is 1.60 bits per heavy atom. The molecule has 3 heteroatoms. The van der Waals surface area contributed by atoms with Crippen LogP contribution in [0.15, 0.2) is 160 Å². The molecule has 9 aromatic rings. The minimum absolute atomic E-state index is 0.841. The van der Waals surface area contributed by atoms with Gasteiger partial charge in [0.15, 0.2) is 0 Å². The van der Waals surface area contributed by atoms with Gasteiger partial charge in [-0.25, -0.2) is 0 Å². The molecule has 9 rings (SSSR count). The first-order valence-electron chi connectivity index (χ1n) is 14.5. The molecule has 0 aliphatic carbocycles. The third-order valence-electron chi connectivity index (χ3n) is 8.45. The number of anilines is 3. The molecule has 0 N–H and O–H groups in total. The highest BCUT2D eigenvalue weighted by atomic mass is 16.3. The molecule has 0 spiro atoms. The maximum absolute atomic E-state index is 6.64. The van der Waals surface area contributed by atoms with Crippen molar-refractivity contribution < 1.29 is 8.83 Å². The van der Waals surface area contributed by atoms with Gasteiger partial charge in [0, 0.05) is 38.5 Å². The Kier molecular flexibility index (Phi) is 5.20. The van der Waals surface area contributed by atoms with Crippen LogP contribution in [0.3, 0.4) is 0 Å². The maximum Gasteiger partial charge on any atom is 0.147 e. The van der Waals surface area contributed by atoms with Crippen LogP contribution < -0.4 is 4.90 Å². The fourth-order valence-electron chi connectivity index (χ4n) is 6.56. The van der Waals surface area contributed by atoms with Gasteiger partial charge in [0.2, 0.25) is 0 Å². The Balaban J connectivity index is 1.37. The van der Waals surface area contributed by atoms with Gasteiger partial charge in [-0.1, -0.05) is 103 Å². The first-order chi connectivity index (χ1) is 21.3. The summed E-state index contributed by atoms with van der Waals surface area (Å²) in [5, 5.41) is 6.59. The molecular formula is C40H25NO2. The lowest BCUT2D eigenvalue weighted by Crippen LogP contribution is -2.10. The fraction of sp³-hybridized carbons (Fsp3) is 0. The molecule has 2 heterocycles. The van der Waals surface area contributed by atoms with Gasteiger partial charge in [0.25, 0.3) is 0 Å². The molecule has 3 nitrogen and oxygen atoms in total. The van der Waals surface area contributed by atoms with E-state index in [0.29, 0.717) is 0 Å². The molecule has 0 saturated carbocycles. The molecule has 0 aliphatic rings. The summed E-state index contributed by atoms with van der Waals surface area (Å²) in [6, 6.07) is 53.0. The van der Waals surface area contributed by atoms with Crippen LogP contribution in [0.4, 0.5) is 17.1 Å². The van der Waals surface area contributed by atoms with E-state index in [-0.39, 0.29) is 0 Å². The van der Waals surface area contributed by atoms with E-state index < -0.39 is 0 Å². The molecule has 0 atom stereocenters. The quantitative estimate of drug-likeness (QED) is 0.218. The predicted molar refractivity (Wildman–Crippen MR) is 179 cm³/mol. The second-order valence-electron chi connectivity index (χ2n) is 10.9. The molecule has 0 bridgehead atoms. The molecule has 0 fully saturated rings. The van der Waals surface area contributed by atoms with Crippen molar-refractivity contribution in [2.24, 2.45) is 0 Å². The van der Waals surface area contributed by atoms with Crippen molar-refractivity contribution in [3.63, 3.8) is 0 Å². The molecule has 0 amide bonds. The fourth-order valence-corrected chi connectivity index (χ4v) is 6.56. The van der Waals surface area contributed by atoms with Crippen molar-refractivity contribution in [2.45, 2.75) is 0 Å². The van der Waals surface area contributed by atoms with E-state index in [2.05, 4.69) is 132 Å². The van der Waals surface area contributed by atoms with E-state index in [1.54, 1.807) is 0 Å². The summed E-state index contributed by atoms with van der Waals surface area (Å²) in [7, 11) is 0. The topological polar surface area (TPSA) is 29.5 Å².